The minimum atomic E-state index is -0.473. The summed E-state index contributed by atoms with van der Waals surface area (Å²) < 4.78 is 5.35. The Bertz CT molecular complexity index is 326. The van der Waals surface area contributed by atoms with Gasteiger partial charge in [-0.2, -0.15) is 0 Å². The van der Waals surface area contributed by atoms with Gasteiger partial charge < -0.3 is 20.3 Å². The van der Waals surface area contributed by atoms with Crippen molar-refractivity contribution in [3.8, 4) is 0 Å². The SMILES string of the molecule is CNC(=O)CNC1CCCN(C(=O)OC(C)(C)C)C1. The molecule has 6 nitrogen and oxygen atoms in total. The molecule has 2 N–H and O–H groups in total. The Labute approximate surface area is 114 Å². The van der Waals surface area contributed by atoms with E-state index in [1.165, 1.54) is 0 Å². The predicted molar refractivity (Wildman–Crippen MR) is 72.9 cm³/mol. The van der Waals surface area contributed by atoms with Gasteiger partial charge in [0.25, 0.3) is 0 Å². The molecule has 0 aromatic rings. The van der Waals surface area contributed by atoms with E-state index >= 15 is 0 Å². The lowest BCUT2D eigenvalue weighted by molar-refractivity contribution is -0.119. The van der Waals surface area contributed by atoms with Crippen molar-refractivity contribution in [1.82, 2.24) is 15.5 Å². The zero-order chi connectivity index (χ0) is 14.5. The molecule has 0 spiro atoms. The molecule has 0 bridgehead atoms. The minimum Gasteiger partial charge on any atom is -0.444 e. The lowest BCUT2D eigenvalue weighted by Crippen LogP contribution is -2.50. The van der Waals surface area contributed by atoms with E-state index in [0.29, 0.717) is 13.1 Å². The summed E-state index contributed by atoms with van der Waals surface area (Å²) in [7, 11) is 1.61. The van der Waals surface area contributed by atoms with Gasteiger partial charge in [-0.25, -0.2) is 4.79 Å². The van der Waals surface area contributed by atoms with Crippen molar-refractivity contribution in [2.75, 3.05) is 26.7 Å². The van der Waals surface area contributed by atoms with Crippen LogP contribution in [0.4, 0.5) is 4.79 Å². The smallest absolute Gasteiger partial charge is 0.410 e. The Morgan fingerprint density at radius 1 is 1.37 bits per heavy atom. The zero-order valence-corrected chi connectivity index (χ0v) is 12.3. The van der Waals surface area contributed by atoms with Gasteiger partial charge in [0.1, 0.15) is 5.60 Å². The summed E-state index contributed by atoms with van der Waals surface area (Å²) in [5.74, 6) is -0.0469. The quantitative estimate of drug-likeness (QED) is 0.793. The average molecular weight is 271 g/mol. The number of likely N-dealkylation sites (tertiary alicyclic amines) is 1. The number of nitrogens with one attached hydrogen (secondary N) is 2. The number of hydrogen-bond donors (Lipinski definition) is 2. The number of piperidine rings is 1. The van der Waals surface area contributed by atoms with Crippen molar-refractivity contribution in [2.24, 2.45) is 0 Å². The summed E-state index contributed by atoms with van der Waals surface area (Å²) in [6, 6.07) is 0.151. The number of carbonyl (C=O) groups excluding carboxylic acids is 2. The summed E-state index contributed by atoms with van der Waals surface area (Å²) in [6.45, 7) is 7.16. The van der Waals surface area contributed by atoms with Crippen LogP contribution in [0.3, 0.4) is 0 Å². The number of ether oxygens (including phenoxy) is 1. The Morgan fingerprint density at radius 3 is 2.63 bits per heavy atom. The summed E-state index contributed by atoms with van der Waals surface area (Å²) in [4.78, 5) is 24.8. The van der Waals surface area contributed by atoms with Crippen LogP contribution >= 0.6 is 0 Å². The molecule has 1 rings (SSSR count). The number of amides is 2. The van der Waals surface area contributed by atoms with E-state index < -0.39 is 5.60 Å². The number of carbonyl (C=O) groups is 2. The molecule has 1 aliphatic heterocycles. The molecular formula is C13H25N3O3. The van der Waals surface area contributed by atoms with Crippen LogP contribution in [0.15, 0.2) is 0 Å². The molecule has 1 fully saturated rings. The predicted octanol–water partition coefficient (Wildman–Crippen LogP) is 0.721. The first-order valence-electron chi connectivity index (χ1n) is 6.73. The number of rotatable bonds is 3. The van der Waals surface area contributed by atoms with Crippen LogP contribution in [0.1, 0.15) is 33.6 Å². The van der Waals surface area contributed by atoms with Crippen LogP contribution in [0, 0.1) is 0 Å². The fourth-order valence-electron chi connectivity index (χ4n) is 1.96. The molecule has 0 aliphatic carbocycles. The molecule has 2 amide bonds. The van der Waals surface area contributed by atoms with Crippen LogP contribution < -0.4 is 10.6 Å². The van der Waals surface area contributed by atoms with Crippen LogP contribution in [-0.4, -0.2) is 55.2 Å². The van der Waals surface area contributed by atoms with Gasteiger partial charge in [-0.15, -0.1) is 0 Å². The highest BCUT2D eigenvalue weighted by Gasteiger charge is 2.27. The summed E-state index contributed by atoms with van der Waals surface area (Å²) in [5, 5.41) is 5.72. The maximum Gasteiger partial charge on any atom is 0.410 e. The van der Waals surface area contributed by atoms with E-state index in [-0.39, 0.29) is 24.6 Å². The highest BCUT2D eigenvalue weighted by Crippen LogP contribution is 2.15. The first kappa shape index (κ1) is 15.8. The first-order chi connectivity index (χ1) is 8.81. The highest BCUT2D eigenvalue weighted by molar-refractivity contribution is 5.77. The van der Waals surface area contributed by atoms with Crippen LogP contribution in [0.25, 0.3) is 0 Å². The summed E-state index contributed by atoms with van der Waals surface area (Å²) in [5.41, 5.74) is -0.473. The lowest BCUT2D eigenvalue weighted by atomic mass is 10.1. The van der Waals surface area contributed by atoms with E-state index in [2.05, 4.69) is 10.6 Å². The minimum absolute atomic E-state index is 0.0469. The second kappa shape index (κ2) is 6.75. The Hall–Kier alpha value is -1.30. The summed E-state index contributed by atoms with van der Waals surface area (Å²) in [6.07, 6.45) is 1.61. The largest absolute Gasteiger partial charge is 0.444 e. The van der Waals surface area contributed by atoms with Crippen molar-refractivity contribution in [1.29, 1.82) is 0 Å². The fourth-order valence-corrected chi connectivity index (χ4v) is 1.96. The fraction of sp³-hybridized carbons (Fsp3) is 0.846. The van der Waals surface area contributed by atoms with Gasteiger partial charge in [-0.3, -0.25) is 4.79 Å². The van der Waals surface area contributed by atoms with Gasteiger partial charge in [0.05, 0.1) is 6.54 Å². The van der Waals surface area contributed by atoms with Gasteiger partial charge in [0.15, 0.2) is 0 Å². The van der Waals surface area contributed by atoms with Crippen molar-refractivity contribution in [3.05, 3.63) is 0 Å². The maximum atomic E-state index is 12.0. The van der Waals surface area contributed by atoms with Crippen LogP contribution in [0.2, 0.25) is 0 Å². The topological polar surface area (TPSA) is 70.7 Å². The molecule has 1 saturated heterocycles. The molecule has 1 atom stereocenters. The Morgan fingerprint density at radius 2 is 2.05 bits per heavy atom. The maximum absolute atomic E-state index is 12.0. The second-order valence-electron chi connectivity index (χ2n) is 5.82. The molecule has 1 aliphatic rings. The molecule has 110 valence electrons. The number of hydrogen-bond acceptors (Lipinski definition) is 4. The van der Waals surface area contributed by atoms with Crippen molar-refractivity contribution < 1.29 is 14.3 Å². The van der Waals surface area contributed by atoms with Crippen LogP contribution in [-0.2, 0) is 9.53 Å². The average Bonchev–Trinajstić information content (AvgIpc) is 2.34. The van der Waals surface area contributed by atoms with Crippen LogP contribution in [0.5, 0.6) is 0 Å². The number of nitrogens with zero attached hydrogens (tertiary/aromatic N) is 1. The standard InChI is InChI=1S/C13H25N3O3/c1-13(2,3)19-12(18)16-7-5-6-10(9-16)15-8-11(17)14-4/h10,15H,5-9H2,1-4H3,(H,14,17). The second-order valence-corrected chi connectivity index (χ2v) is 5.82. The molecule has 0 radical (unpaired) electrons. The third kappa shape index (κ3) is 5.92. The number of likely N-dealkylation sites (N-methyl/N-ethyl adjacent to an activating group) is 1. The van der Waals surface area contributed by atoms with E-state index in [0.717, 1.165) is 12.8 Å². The Balaban J connectivity index is 2.41. The molecule has 0 saturated carbocycles. The Kier molecular flexibility index (Phi) is 5.60. The van der Waals surface area contributed by atoms with Gasteiger partial charge >= 0.3 is 6.09 Å². The molecule has 19 heavy (non-hydrogen) atoms. The normalized spacial score (nSPS) is 20.0. The molecular weight excluding hydrogens is 246 g/mol. The van der Waals surface area contributed by atoms with Gasteiger partial charge in [0, 0.05) is 26.2 Å². The molecule has 0 aromatic heterocycles. The van der Waals surface area contributed by atoms with Crippen molar-refractivity contribution >= 4 is 12.0 Å². The lowest BCUT2D eigenvalue weighted by Gasteiger charge is -2.34. The third-order valence-electron chi connectivity index (χ3n) is 2.90. The van der Waals surface area contributed by atoms with E-state index in [1.807, 2.05) is 20.8 Å². The molecule has 1 heterocycles. The summed E-state index contributed by atoms with van der Waals surface area (Å²) >= 11 is 0. The van der Waals surface area contributed by atoms with Gasteiger partial charge in [0.2, 0.25) is 5.91 Å². The van der Waals surface area contributed by atoms with E-state index in [1.54, 1.807) is 11.9 Å². The van der Waals surface area contributed by atoms with E-state index in [4.69, 9.17) is 4.74 Å². The van der Waals surface area contributed by atoms with E-state index in [9.17, 15) is 9.59 Å². The van der Waals surface area contributed by atoms with Gasteiger partial charge in [-0.1, -0.05) is 0 Å². The molecule has 1 unspecified atom stereocenters. The monoisotopic (exact) mass is 271 g/mol. The molecule has 0 aromatic carbocycles. The first-order valence-corrected chi connectivity index (χ1v) is 6.73. The third-order valence-corrected chi connectivity index (χ3v) is 2.90. The van der Waals surface area contributed by atoms with Gasteiger partial charge in [-0.05, 0) is 33.6 Å². The zero-order valence-electron chi connectivity index (χ0n) is 12.3. The molecule has 6 heteroatoms. The highest BCUT2D eigenvalue weighted by atomic mass is 16.6. The van der Waals surface area contributed by atoms with Crippen molar-refractivity contribution in [3.63, 3.8) is 0 Å². The van der Waals surface area contributed by atoms with Crippen molar-refractivity contribution in [2.45, 2.75) is 45.3 Å².